The fourth-order valence-corrected chi connectivity index (χ4v) is 5.92. The fourth-order valence-electron chi connectivity index (χ4n) is 5.92. The molecule has 3 amide bonds. The molecule has 0 aliphatic carbocycles. The minimum atomic E-state index is -0.676. The molecular formula is C36H32N6O6. The summed E-state index contributed by atoms with van der Waals surface area (Å²) in [5.41, 5.74) is 2.92. The van der Waals surface area contributed by atoms with Crippen LogP contribution in [-0.2, 0) is 17.0 Å². The maximum Gasteiger partial charge on any atom is 0.295 e. The number of carbonyl (C=O) groups is 4. The Hall–Kier alpha value is -6.04. The number of carbonyl (C=O) groups excluding carboxylic acids is 4. The summed E-state index contributed by atoms with van der Waals surface area (Å²) in [6, 6.07) is 23.2. The summed E-state index contributed by atoms with van der Waals surface area (Å²) in [6.45, 7) is 3.21. The van der Waals surface area contributed by atoms with Gasteiger partial charge in [-0.25, -0.2) is 0 Å². The van der Waals surface area contributed by atoms with Crippen LogP contribution in [-0.4, -0.2) is 71.6 Å². The summed E-state index contributed by atoms with van der Waals surface area (Å²) >= 11 is 0. The smallest absolute Gasteiger partial charge is 0.295 e. The van der Waals surface area contributed by atoms with E-state index in [1.54, 1.807) is 53.4 Å². The van der Waals surface area contributed by atoms with Gasteiger partial charge in [-0.15, -0.1) is 0 Å². The van der Waals surface area contributed by atoms with Gasteiger partial charge < -0.3 is 29.3 Å². The van der Waals surface area contributed by atoms with Crippen LogP contribution in [0.2, 0.25) is 0 Å². The third-order valence-corrected chi connectivity index (χ3v) is 8.78. The minimum absolute atomic E-state index is 0.104. The zero-order valence-electron chi connectivity index (χ0n) is 26.4. The Balaban J connectivity index is 1.04. The van der Waals surface area contributed by atoms with Crippen molar-refractivity contribution >= 4 is 34.4 Å². The number of aromatic amines is 1. The standard InChI is InChI=1S/C36H32N6O6/c1-36(39-40-36)24-10-8-22(9-11-24)33(44)38-20-25-12-14-28(48-25)26-13-15-29(47-2)30-27(21-37-31(26)30)32(43)35(46)42-18-16-41(17-19-42)34(45)23-6-4-3-5-7-23/h3-15,21,37H,16-20H2,1-2H3,(H,38,44). The molecular weight excluding hydrogens is 612 g/mol. The number of methoxy groups -OCH3 is 1. The molecule has 12 heteroatoms. The van der Waals surface area contributed by atoms with E-state index in [9.17, 15) is 19.2 Å². The van der Waals surface area contributed by atoms with Crippen molar-refractivity contribution in [3.8, 4) is 17.1 Å². The lowest BCUT2D eigenvalue weighted by atomic mass is 10.0. The Morgan fingerprint density at radius 2 is 1.58 bits per heavy atom. The first-order valence-electron chi connectivity index (χ1n) is 15.5. The summed E-state index contributed by atoms with van der Waals surface area (Å²) in [4.78, 5) is 58.9. The molecule has 0 radical (unpaired) electrons. The van der Waals surface area contributed by atoms with Gasteiger partial charge in [-0.1, -0.05) is 30.3 Å². The number of rotatable bonds is 9. The van der Waals surface area contributed by atoms with Crippen LogP contribution in [0.4, 0.5) is 0 Å². The number of nitrogens with one attached hydrogen (secondary N) is 2. The highest BCUT2D eigenvalue weighted by atomic mass is 16.5. The van der Waals surface area contributed by atoms with Crippen molar-refractivity contribution in [3.63, 3.8) is 0 Å². The molecule has 7 rings (SSSR count). The quantitative estimate of drug-likeness (QED) is 0.167. The van der Waals surface area contributed by atoms with Crippen molar-refractivity contribution in [2.75, 3.05) is 33.3 Å². The molecule has 12 nitrogen and oxygen atoms in total. The largest absolute Gasteiger partial charge is 0.496 e. The van der Waals surface area contributed by atoms with Gasteiger partial charge in [-0.2, -0.15) is 10.2 Å². The molecule has 0 saturated carbocycles. The highest BCUT2D eigenvalue weighted by molar-refractivity contribution is 6.45. The first-order valence-corrected chi connectivity index (χ1v) is 15.5. The van der Waals surface area contributed by atoms with Crippen LogP contribution in [0, 0.1) is 0 Å². The van der Waals surface area contributed by atoms with Crippen LogP contribution in [0.5, 0.6) is 5.75 Å². The summed E-state index contributed by atoms with van der Waals surface area (Å²) in [5.74, 6) is -0.209. The van der Waals surface area contributed by atoms with E-state index in [0.717, 1.165) is 5.56 Å². The molecule has 2 aromatic heterocycles. The van der Waals surface area contributed by atoms with Crippen molar-refractivity contribution in [2.24, 2.45) is 10.2 Å². The first-order chi connectivity index (χ1) is 23.3. The van der Waals surface area contributed by atoms with Gasteiger partial charge >= 0.3 is 0 Å². The monoisotopic (exact) mass is 644 g/mol. The summed E-state index contributed by atoms with van der Waals surface area (Å²) in [5, 5.41) is 11.4. The zero-order chi connectivity index (χ0) is 33.4. The molecule has 1 fully saturated rings. The normalized spacial score (nSPS) is 15.0. The highest BCUT2D eigenvalue weighted by Crippen LogP contribution is 2.39. The van der Waals surface area contributed by atoms with E-state index in [1.165, 1.54) is 18.2 Å². The van der Waals surface area contributed by atoms with E-state index in [2.05, 4.69) is 20.5 Å². The SMILES string of the molecule is COc1ccc(-c2ccc(CNC(=O)c3ccc(C4(C)N=N4)cc3)o2)c2[nH]cc(C(=O)C(=O)N3CCN(C(=O)c4ccccc4)CC3)c12. The van der Waals surface area contributed by atoms with Gasteiger partial charge in [0.25, 0.3) is 23.5 Å². The second kappa shape index (κ2) is 12.3. The number of amides is 3. The average molecular weight is 645 g/mol. The number of benzene rings is 3. The van der Waals surface area contributed by atoms with E-state index in [4.69, 9.17) is 9.15 Å². The molecule has 3 aromatic carbocycles. The number of fused-ring (bicyclic) bond motifs is 1. The van der Waals surface area contributed by atoms with Crippen LogP contribution in [0.25, 0.3) is 22.2 Å². The van der Waals surface area contributed by atoms with Crippen LogP contribution >= 0.6 is 0 Å². The van der Waals surface area contributed by atoms with Gasteiger partial charge in [0.1, 0.15) is 17.3 Å². The fraction of sp³-hybridized carbons (Fsp3) is 0.222. The molecule has 2 N–H and O–H groups in total. The Morgan fingerprint density at radius 1 is 0.875 bits per heavy atom. The lowest BCUT2D eigenvalue weighted by Crippen LogP contribution is -2.52. The zero-order valence-corrected chi connectivity index (χ0v) is 26.4. The van der Waals surface area contributed by atoms with Crippen molar-refractivity contribution in [2.45, 2.75) is 19.1 Å². The van der Waals surface area contributed by atoms with Crippen molar-refractivity contribution in [1.29, 1.82) is 0 Å². The van der Waals surface area contributed by atoms with Gasteiger partial charge in [0.2, 0.25) is 5.66 Å². The molecule has 2 aliphatic heterocycles. The van der Waals surface area contributed by atoms with E-state index >= 15 is 0 Å². The Morgan fingerprint density at radius 3 is 2.27 bits per heavy atom. The topological polar surface area (TPSA) is 150 Å². The van der Waals surface area contributed by atoms with Gasteiger partial charge in [0, 0.05) is 54.6 Å². The summed E-state index contributed by atoms with van der Waals surface area (Å²) < 4.78 is 11.7. The second-order valence-electron chi connectivity index (χ2n) is 11.8. The van der Waals surface area contributed by atoms with Crippen LogP contribution in [0.1, 0.15) is 49.3 Å². The second-order valence-corrected chi connectivity index (χ2v) is 11.8. The molecule has 2 aliphatic rings. The van der Waals surface area contributed by atoms with Gasteiger partial charge in [0.05, 0.1) is 30.1 Å². The lowest BCUT2D eigenvalue weighted by molar-refractivity contribution is -0.127. The van der Waals surface area contributed by atoms with Crippen molar-refractivity contribution in [3.05, 3.63) is 113 Å². The number of nitrogens with zero attached hydrogens (tertiary/aromatic N) is 4. The summed E-state index contributed by atoms with van der Waals surface area (Å²) in [7, 11) is 1.50. The molecule has 0 bridgehead atoms. The molecule has 5 aromatic rings. The van der Waals surface area contributed by atoms with Gasteiger partial charge in [-0.3, -0.25) is 19.2 Å². The molecule has 1 saturated heterocycles. The number of ether oxygens (including phenoxy) is 1. The molecule has 0 unspecified atom stereocenters. The van der Waals surface area contributed by atoms with E-state index in [-0.39, 0.29) is 37.0 Å². The van der Waals surface area contributed by atoms with Gasteiger partial charge in [-0.05, 0) is 55.5 Å². The molecule has 242 valence electrons. The number of hydrogen-bond acceptors (Lipinski definition) is 8. The van der Waals surface area contributed by atoms with E-state index in [0.29, 0.717) is 58.0 Å². The Labute approximate surface area is 275 Å². The number of Topliss-reactive ketones (excluding diaryl/α,β-unsaturated/α-hetero) is 1. The lowest BCUT2D eigenvalue weighted by Gasteiger charge is -2.34. The number of hydrogen-bond donors (Lipinski definition) is 2. The first kappa shape index (κ1) is 30.6. The molecule has 0 atom stereocenters. The van der Waals surface area contributed by atoms with Crippen molar-refractivity contribution in [1.82, 2.24) is 20.1 Å². The number of ketones is 1. The Bertz CT molecular complexity index is 2070. The minimum Gasteiger partial charge on any atom is -0.496 e. The Kier molecular flexibility index (Phi) is 7.83. The van der Waals surface area contributed by atoms with Crippen LogP contribution < -0.4 is 10.1 Å². The maximum atomic E-state index is 13.6. The van der Waals surface area contributed by atoms with Crippen molar-refractivity contribution < 1.29 is 28.3 Å². The molecule has 0 spiro atoms. The predicted octanol–water partition coefficient (Wildman–Crippen LogP) is 5.17. The average Bonchev–Trinajstić information content (AvgIpc) is 3.49. The highest BCUT2D eigenvalue weighted by Gasteiger charge is 2.36. The number of furan rings is 1. The summed E-state index contributed by atoms with van der Waals surface area (Å²) in [6.07, 6.45) is 1.51. The van der Waals surface area contributed by atoms with Crippen LogP contribution in [0.15, 0.2) is 99.7 Å². The predicted molar refractivity (Wildman–Crippen MR) is 176 cm³/mol. The maximum absolute atomic E-state index is 13.6. The number of aromatic nitrogens is 1. The van der Waals surface area contributed by atoms with E-state index in [1.807, 2.05) is 37.3 Å². The van der Waals surface area contributed by atoms with Gasteiger partial charge in [0.15, 0.2) is 0 Å². The third kappa shape index (κ3) is 5.72. The molecule has 48 heavy (non-hydrogen) atoms. The third-order valence-electron chi connectivity index (χ3n) is 8.78. The number of piperazine rings is 1. The molecule has 4 heterocycles. The van der Waals surface area contributed by atoms with E-state index < -0.39 is 17.4 Å². The number of H-pyrrole nitrogens is 1. The van der Waals surface area contributed by atoms with Crippen LogP contribution in [0.3, 0.4) is 0 Å².